The second kappa shape index (κ2) is 9.28. The number of hydrogen-bond donors (Lipinski definition) is 1. The second-order valence-corrected chi connectivity index (χ2v) is 11.0. The summed E-state index contributed by atoms with van der Waals surface area (Å²) < 4.78 is 6.94. The highest BCUT2D eigenvalue weighted by atomic mass is 35.5. The number of thiazole rings is 1. The normalized spacial score (nSPS) is 14.3. The molecule has 2 heterocycles. The Hall–Kier alpha value is -3.75. The Balaban J connectivity index is 1.78. The zero-order valence-electron chi connectivity index (χ0n) is 20.4. The van der Waals surface area contributed by atoms with Crippen LogP contribution in [0.15, 0.2) is 58.7 Å². The number of carboxylic acids is 1. The molecule has 188 valence electrons. The number of carboxylic acid groups (broad SMARTS) is 1. The maximum Gasteiger partial charge on any atom is 0.335 e. The van der Waals surface area contributed by atoms with Crippen molar-refractivity contribution < 1.29 is 19.4 Å². The molecule has 0 amide bonds. The third kappa shape index (κ3) is 4.58. The Morgan fingerprint density at radius 2 is 1.81 bits per heavy atom. The minimum absolute atomic E-state index is 0.00234. The number of rotatable bonds is 5. The van der Waals surface area contributed by atoms with Crippen molar-refractivity contribution in [1.82, 2.24) is 9.55 Å². The van der Waals surface area contributed by atoms with Crippen molar-refractivity contribution in [3.63, 3.8) is 0 Å². The third-order valence-corrected chi connectivity index (χ3v) is 7.56. The first-order chi connectivity index (χ1) is 17.6. The molecule has 0 fully saturated rings. The number of carbonyl (C=O) groups is 2. The van der Waals surface area contributed by atoms with Crippen molar-refractivity contribution in [2.24, 2.45) is 5.41 Å². The van der Waals surface area contributed by atoms with Crippen LogP contribution in [0.3, 0.4) is 0 Å². The van der Waals surface area contributed by atoms with Gasteiger partial charge in [-0.2, -0.15) is 0 Å². The Bertz CT molecular complexity index is 1620. The molecule has 1 aliphatic carbocycles. The van der Waals surface area contributed by atoms with E-state index < -0.39 is 11.5 Å². The zero-order chi connectivity index (χ0) is 26.5. The molecule has 2 aromatic carbocycles. The van der Waals surface area contributed by atoms with Gasteiger partial charge >= 0.3 is 5.97 Å². The van der Waals surface area contributed by atoms with Crippen molar-refractivity contribution in [3.05, 3.63) is 86.1 Å². The van der Waals surface area contributed by atoms with Gasteiger partial charge in [0, 0.05) is 33.6 Å². The molecule has 7 nitrogen and oxygen atoms in total. The average Bonchev–Trinajstić information content (AvgIpc) is 3.33. The number of methoxy groups -OCH3 is 1. The Morgan fingerprint density at radius 3 is 2.49 bits per heavy atom. The van der Waals surface area contributed by atoms with Gasteiger partial charge in [-0.3, -0.25) is 14.2 Å². The second-order valence-electron chi connectivity index (χ2n) is 9.74. The van der Waals surface area contributed by atoms with Crippen LogP contribution in [0.2, 0.25) is 5.02 Å². The number of carbonyl (C=O) groups excluding carboxylic acids is 1. The van der Waals surface area contributed by atoms with Gasteiger partial charge < -0.3 is 9.84 Å². The summed E-state index contributed by atoms with van der Waals surface area (Å²) in [5.74, 6) is -0.890. The number of nitrogens with zero attached hydrogens (tertiary/aromatic N) is 2. The van der Waals surface area contributed by atoms with Gasteiger partial charge in [-0.05, 0) is 48.2 Å². The maximum absolute atomic E-state index is 14.1. The molecule has 1 aliphatic rings. The molecule has 4 aromatic rings. The van der Waals surface area contributed by atoms with E-state index in [0.29, 0.717) is 45.6 Å². The fourth-order valence-corrected chi connectivity index (χ4v) is 5.63. The minimum atomic E-state index is -1.13. The van der Waals surface area contributed by atoms with Crippen LogP contribution in [0.5, 0.6) is 5.75 Å². The highest BCUT2D eigenvalue weighted by molar-refractivity contribution is 7.13. The van der Waals surface area contributed by atoms with Crippen molar-refractivity contribution in [2.45, 2.75) is 26.7 Å². The van der Waals surface area contributed by atoms with Crippen LogP contribution in [0, 0.1) is 5.41 Å². The van der Waals surface area contributed by atoms with E-state index in [2.05, 4.69) is 0 Å². The standard InChI is InChI=1S/C28H23ClN2O5S/c1-28(2)12-22-18(23(32)13-28)11-19(25-30-20(14-37-25)15-4-7-17(29)8-5-15)26(33)31(22)21-10-16(27(34)35)6-9-24(21)36-3/h4-11,14H,12-13H2,1-3H3,(H,34,35). The maximum atomic E-state index is 14.1. The molecule has 0 saturated carbocycles. The van der Waals surface area contributed by atoms with Crippen molar-refractivity contribution in [3.8, 4) is 33.3 Å². The van der Waals surface area contributed by atoms with E-state index in [-0.39, 0.29) is 28.0 Å². The Morgan fingerprint density at radius 1 is 1.08 bits per heavy atom. The number of aromatic nitrogens is 2. The van der Waals surface area contributed by atoms with E-state index >= 15 is 0 Å². The highest BCUT2D eigenvalue weighted by Crippen LogP contribution is 2.38. The van der Waals surface area contributed by atoms with E-state index in [1.165, 1.54) is 41.2 Å². The summed E-state index contributed by atoms with van der Waals surface area (Å²) in [6, 6.07) is 13.2. The van der Waals surface area contributed by atoms with Crippen LogP contribution in [0.25, 0.3) is 27.5 Å². The molecule has 0 unspecified atom stereocenters. The lowest BCUT2D eigenvalue weighted by Crippen LogP contribution is -2.35. The molecule has 0 aliphatic heterocycles. The van der Waals surface area contributed by atoms with Crippen LogP contribution in [-0.2, 0) is 6.42 Å². The van der Waals surface area contributed by atoms with Gasteiger partial charge in [0.25, 0.3) is 5.56 Å². The van der Waals surface area contributed by atoms with Crippen molar-refractivity contribution >= 4 is 34.7 Å². The largest absolute Gasteiger partial charge is 0.495 e. The summed E-state index contributed by atoms with van der Waals surface area (Å²) in [4.78, 5) is 43.8. The van der Waals surface area contributed by atoms with E-state index in [0.717, 1.165) is 5.56 Å². The average molecular weight is 535 g/mol. The summed E-state index contributed by atoms with van der Waals surface area (Å²) in [6.45, 7) is 3.95. The number of Topliss-reactive ketones (excluding diaryl/α,β-unsaturated/α-hetero) is 1. The topological polar surface area (TPSA) is 98.5 Å². The Kier molecular flexibility index (Phi) is 6.25. The van der Waals surface area contributed by atoms with Crippen LogP contribution in [0.1, 0.15) is 46.7 Å². The molecule has 2 aromatic heterocycles. The molecular formula is C28H23ClN2O5S. The van der Waals surface area contributed by atoms with E-state index in [1.54, 1.807) is 18.2 Å². The van der Waals surface area contributed by atoms with Gasteiger partial charge in [-0.15, -0.1) is 11.3 Å². The lowest BCUT2D eigenvalue weighted by Gasteiger charge is -2.32. The van der Waals surface area contributed by atoms with Crippen LogP contribution in [-0.4, -0.2) is 33.5 Å². The molecule has 0 atom stereocenters. The number of ketones is 1. The molecule has 0 radical (unpaired) electrons. The smallest absolute Gasteiger partial charge is 0.335 e. The number of ether oxygens (including phenoxy) is 1. The summed E-state index contributed by atoms with van der Waals surface area (Å²) in [5, 5.41) is 12.5. The molecule has 37 heavy (non-hydrogen) atoms. The lowest BCUT2D eigenvalue weighted by molar-refractivity contribution is 0.0696. The highest BCUT2D eigenvalue weighted by Gasteiger charge is 2.35. The molecule has 0 saturated heterocycles. The van der Waals surface area contributed by atoms with E-state index in [1.807, 2.05) is 31.4 Å². The van der Waals surface area contributed by atoms with Gasteiger partial charge in [0.1, 0.15) is 10.8 Å². The first-order valence-electron chi connectivity index (χ1n) is 11.5. The van der Waals surface area contributed by atoms with Gasteiger partial charge in [-0.25, -0.2) is 9.78 Å². The fourth-order valence-electron chi connectivity index (χ4n) is 4.67. The molecule has 0 bridgehead atoms. The molecule has 0 spiro atoms. The first-order valence-corrected chi connectivity index (χ1v) is 12.8. The van der Waals surface area contributed by atoms with Crippen LogP contribution < -0.4 is 10.3 Å². The number of fused-ring (bicyclic) bond motifs is 1. The van der Waals surface area contributed by atoms with Gasteiger partial charge in [0.05, 0.1) is 29.6 Å². The number of benzene rings is 2. The SMILES string of the molecule is COc1ccc(C(=O)O)cc1-n1c2c(cc(-c3nc(-c4ccc(Cl)cc4)cs3)c1=O)C(=O)CC(C)(C)C2. The van der Waals surface area contributed by atoms with Gasteiger partial charge in [0.2, 0.25) is 0 Å². The lowest BCUT2D eigenvalue weighted by atomic mass is 9.75. The van der Waals surface area contributed by atoms with Gasteiger partial charge in [0.15, 0.2) is 5.78 Å². The first kappa shape index (κ1) is 24.9. The molecule has 9 heteroatoms. The monoisotopic (exact) mass is 534 g/mol. The third-order valence-electron chi connectivity index (χ3n) is 6.43. The number of hydrogen-bond acceptors (Lipinski definition) is 6. The molecular weight excluding hydrogens is 512 g/mol. The summed E-state index contributed by atoms with van der Waals surface area (Å²) in [5.41, 5.74) is 2.25. The fraction of sp³-hybridized carbons (Fsp3) is 0.214. The summed E-state index contributed by atoms with van der Waals surface area (Å²) >= 11 is 7.31. The summed E-state index contributed by atoms with van der Waals surface area (Å²) in [6.07, 6.45) is 0.787. The number of halogens is 1. The minimum Gasteiger partial charge on any atom is -0.495 e. The van der Waals surface area contributed by atoms with Crippen molar-refractivity contribution in [1.29, 1.82) is 0 Å². The number of pyridine rings is 1. The zero-order valence-corrected chi connectivity index (χ0v) is 21.9. The van der Waals surface area contributed by atoms with Crippen LogP contribution >= 0.6 is 22.9 Å². The van der Waals surface area contributed by atoms with Crippen LogP contribution in [0.4, 0.5) is 0 Å². The predicted octanol–water partition coefficient (Wildman–Crippen LogP) is 6.14. The van der Waals surface area contributed by atoms with Crippen molar-refractivity contribution in [2.75, 3.05) is 7.11 Å². The predicted molar refractivity (Wildman–Crippen MR) is 144 cm³/mol. The number of aromatic carboxylic acids is 1. The molecule has 5 rings (SSSR count). The van der Waals surface area contributed by atoms with Gasteiger partial charge in [-0.1, -0.05) is 37.6 Å². The Labute approximate surface area is 222 Å². The van der Waals surface area contributed by atoms with E-state index in [9.17, 15) is 19.5 Å². The van der Waals surface area contributed by atoms with E-state index in [4.69, 9.17) is 21.3 Å². The molecule has 1 N–H and O–H groups in total. The summed E-state index contributed by atoms with van der Waals surface area (Å²) in [7, 11) is 1.45. The quantitative estimate of drug-likeness (QED) is 0.330.